The number of rotatable bonds is 4. The lowest BCUT2D eigenvalue weighted by molar-refractivity contribution is -0.126. The fourth-order valence-electron chi connectivity index (χ4n) is 4.23. The molecule has 6 nitrogen and oxygen atoms in total. The van der Waals surface area contributed by atoms with E-state index < -0.39 is 5.91 Å². The molecule has 0 bridgehead atoms. The summed E-state index contributed by atoms with van der Waals surface area (Å²) in [5.74, 6) is -0.446. The van der Waals surface area contributed by atoms with Gasteiger partial charge in [-0.2, -0.15) is 0 Å². The first-order valence-electron chi connectivity index (χ1n) is 9.68. The number of pyridine rings is 1. The van der Waals surface area contributed by atoms with Crippen LogP contribution in [0.4, 0.5) is 0 Å². The van der Waals surface area contributed by atoms with Crippen molar-refractivity contribution in [1.82, 2.24) is 14.9 Å². The third kappa shape index (κ3) is 3.20. The molecule has 0 unspecified atom stereocenters. The molecule has 3 aromatic rings. The first-order valence-corrected chi connectivity index (χ1v) is 9.68. The Bertz CT molecular complexity index is 1160. The fraction of sp³-hybridized carbons (Fsp3) is 0.261. The highest BCUT2D eigenvalue weighted by molar-refractivity contribution is 6.01. The molecule has 2 amide bonds. The van der Waals surface area contributed by atoms with Gasteiger partial charge in [0.05, 0.1) is 17.6 Å². The van der Waals surface area contributed by atoms with Gasteiger partial charge in [0.2, 0.25) is 11.8 Å². The zero-order chi connectivity index (χ0) is 20.7. The van der Waals surface area contributed by atoms with Gasteiger partial charge in [0, 0.05) is 35.9 Å². The molecule has 0 saturated heterocycles. The van der Waals surface area contributed by atoms with E-state index in [2.05, 4.69) is 35.6 Å². The van der Waals surface area contributed by atoms with Crippen molar-refractivity contribution in [3.05, 3.63) is 65.1 Å². The summed E-state index contributed by atoms with van der Waals surface area (Å²) in [6.45, 7) is 8.93. The molecule has 1 aromatic carbocycles. The Morgan fingerprint density at radius 1 is 1.31 bits per heavy atom. The molecule has 29 heavy (non-hydrogen) atoms. The SMILES string of the molecule is C=CC(=O)N1CCc2c(cccc2-c2cnc(CC(N)=O)c3[nH]c(C)c(C)c23)C1. The summed E-state index contributed by atoms with van der Waals surface area (Å²) in [6, 6.07) is 6.20. The largest absolute Gasteiger partial charge is 0.369 e. The summed E-state index contributed by atoms with van der Waals surface area (Å²) in [7, 11) is 0. The molecule has 1 aliphatic heterocycles. The molecular formula is C23H24N4O2. The van der Waals surface area contributed by atoms with Crippen molar-refractivity contribution in [2.24, 2.45) is 5.73 Å². The Morgan fingerprint density at radius 2 is 2.10 bits per heavy atom. The van der Waals surface area contributed by atoms with Crippen LogP contribution in [0.1, 0.15) is 28.1 Å². The van der Waals surface area contributed by atoms with E-state index in [0.717, 1.165) is 45.3 Å². The number of nitrogens with zero attached hydrogens (tertiary/aromatic N) is 2. The lowest BCUT2D eigenvalue weighted by atomic mass is 9.89. The molecule has 0 spiro atoms. The second kappa shape index (κ2) is 7.20. The van der Waals surface area contributed by atoms with Crippen molar-refractivity contribution >= 4 is 22.7 Å². The zero-order valence-corrected chi connectivity index (χ0v) is 16.7. The number of primary amides is 1. The molecule has 0 aliphatic carbocycles. The van der Waals surface area contributed by atoms with Crippen molar-refractivity contribution in [1.29, 1.82) is 0 Å². The number of fused-ring (bicyclic) bond motifs is 2. The maximum Gasteiger partial charge on any atom is 0.246 e. The van der Waals surface area contributed by atoms with Gasteiger partial charge in [-0.05, 0) is 48.6 Å². The van der Waals surface area contributed by atoms with Crippen LogP contribution in [0.2, 0.25) is 0 Å². The van der Waals surface area contributed by atoms with Gasteiger partial charge < -0.3 is 15.6 Å². The Kier molecular flexibility index (Phi) is 4.70. The van der Waals surface area contributed by atoms with Crippen LogP contribution in [0.5, 0.6) is 0 Å². The highest BCUT2D eigenvalue weighted by atomic mass is 16.2. The van der Waals surface area contributed by atoms with Crippen molar-refractivity contribution in [3.8, 4) is 11.1 Å². The maximum absolute atomic E-state index is 12.0. The molecule has 0 fully saturated rings. The lowest BCUT2D eigenvalue weighted by Crippen LogP contribution is -2.34. The minimum absolute atomic E-state index is 0.0435. The summed E-state index contributed by atoms with van der Waals surface area (Å²) in [6.07, 6.45) is 4.09. The predicted octanol–water partition coefficient (Wildman–Crippen LogP) is 2.95. The molecule has 3 N–H and O–H groups in total. The van der Waals surface area contributed by atoms with Crippen molar-refractivity contribution < 1.29 is 9.59 Å². The molecule has 1 aliphatic rings. The van der Waals surface area contributed by atoms with Gasteiger partial charge in [-0.1, -0.05) is 24.8 Å². The third-order valence-corrected chi connectivity index (χ3v) is 5.79. The number of nitrogens with two attached hydrogens (primary N) is 1. The smallest absolute Gasteiger partial charge is 0.246 e. The van der Waals surface area contributed by atoms with E-state index in [1.54, 1.807) is 0 Å². The number of aromatic amines is 1. The Balaban J connectivity index is 1.88. The lowest BCUT2D eigenvalue weighted by Gasteiger charge is -2.29. The van der Waals surface area contributed by atoms with Gasteiger partial charge in [-0.15, -0.1) is 0 Å². The molecule has 6 heteroatoms. The Morgan fingerprint density at radius 3 is 2.83 bits per heavy atom. The van der Waals surface area contributed by atoms with Gasteiger partial charge in [0.25, 0.3) is 0 Å². The summed E-state index contributed by atoms with van der Waals surface area (Å²) in [5.41, 5.74) is 13.7. The highest BCUT2D eigenvalue weighted by Crippen LogP contribution is 2.37. The van der Waals surface area contributed by atoms with Crippen LogP contribution < -0.4 is 5.73 Å². The van der Waals surface area contributed by atoms with Crippen molar-refractivity contribution in [2.45, 2.75) is 33.2 Å². The van der Waals surface area contributed by atoms with Gasteiger partial charge in [-0.25, -0.2) is 0 Å². The van der Waals surface area contributed by atoms with Gasteiger partial charge in [-0.3, -0.25) is 14.6 Å². The second-order valence-corrected chi connectivity index (χ2v) is 7.54. The van der Waals surface area contributed by atoms with Crippen LogP contribution in [0.15, 0.2) is 37.1 Å². The van der Waals surface area contributed by atoms with E-state index in [0.29, 0.717) is 18.8 Å². The zero-order valence-electron chi connectivity index (χ0n) is 16.7. The molecule has 3 heterocycles. The van der Waals surface area contributed by atoms with Crippen LogP contribution >= 0.6 is 0 Å². The highest BCUT2D eigenvalue weighted by Gasteiger charge is 2.23. The summed E-state index contributed by atoms with van der Waals surface area (Å²) in [5, 5.41) is 1.08. The van der Waals surface area contributed by atoms with Gasteiger partial charge >= 0.3 is 0 Å². The van der Waals surface area contributed by atoms with E-state index in [9.17, 15) is 9.59 Å². The normalized spacial score (nSPS) is 13.4. The molecule has 0 saturated carbocycles. The molecule has 0 atom stereocenters. The van der Waals surface area contributed by atoms with Crippen LogP contribution in [0.3, 0.4) is 0 Å². The average molecular weight is 388 g/mol. The number of amides is 2. The summed E-state index contributed by atoms with van der Waals surface area (Å²) >= 11 is 0. The number of carbonyl (C=O) groups excluding carboxylic acids is 2. The topological polar surface area (TPSA) is 92.1 Å². The molecule has 148 valence electrons. The number of hydrogen-bond donors (Lipinski definition) is 2. The quantitative estimate of drug-likeness (QED) is 0.673. The summed E-state index contributed by atoms with van der Waals surface area (Å²) in [4.78, 5) is 33.3. The fourth-order valence-corrected chi connectivity index (χ4v) is 4.23. The predicted molar refractivity (Wildman–Crippen MR) is 113 cm³/mol. The second-order valence-electron chi connectivity index (χ2n) is 7.54. The number of hydrogen-bond acceptors (Lipinski definition) is 3. The van der Waals surface area contributed by atoms with Crippen molar-refractivity contribution in [2.75, 3.05) is 6.54 Å². The number of carbonyl (C=O) groups is 2. The number of H-pyrrole nitrogens is 1. The van der Waals surface area contributed by atoms with Crippen LogP contribution in [0, 0.1) is 13.8 Å². The Labute approximate surface area is 169 Å². The minimum Gasteiger partial charge on any atom is -0.369 e. The van der Waals surface area contributed by atoms with Gasteiger partial charge in [0.1, 0.15) is 0 Å². The number of aromatic nitrogens is 2. The third-order valence-electron chi connectivity index (χ3n) is 5.79. The number of benzene rings is 1. The molecule has 4 rings (SSSR count). The minimum atomic E-state index is -0.402. The Hall–Kier alpha value is -3.41. The van der Waals surface area contributed by atoms with E-state index in [1.807, 2.05) is 24.1 Å². The van der Waals surface area contributed by atoms with E-state index in [4.69, 9.17) is 5.73 Å². The van der Waals surface area contributed by atoms with Crippen LogP contribution in [-0.2, 0) is 29.0 Å². The van der Waals surface area contributed by atoms with Gasteiger partial charge in [0.15, 0.2) is 0 Å². The first-order chi connectivity index (χ1) is 13.9. The first kappa shape index (κ1) is 18.9. The standard InChI is InChI=1S/C23H24N4O2/c1-4-21(29)27-9-8-16-15(12-27)6-5-7-17(16)18-11-25-19(10-20(24)28)23-22(18)13(2)14(3)26-23/h4-7,11,26H,1,8-10,12H2,2-3H3,(H2,24,28). The molecular weight excluding hydrogens is 364 g/mol. The summed E-state index contributed by atoms with van der Waals surface area (Å²) < 4.78 is 0. The molecule has 0 radical (unpaired) electrons. The number of aryl methyl sites for hydroxylation is 2. The average Bonchev–Trinajstić information content (AvgIpc) is 3.02. The molecule has 2 aromatic heterocycles. The van der Waals surface area contributed by atoms with Crippen LogP contribution in [0.25, 0.3) is 22.0 Å². The van der Waals surface area contributed by atoms with Crippen LogP contribution in [-0.4, -0.2) is 33.2 Å². The van der Waals surface area contributed by atoms with Crippen molar-refractivity contribution in [3.63, 3.8) is 0 Å². The van der Waals surface area contributed by atoms with E-state index in [1.165, 1.54) is 11.6 Å². The van der Waals surface area contributed by atoms with E-state index >= 15 is 0 Å². The maximum atomic E-state index is 12.0. The number of nitrogens with one attached hydrogen (secondary N) is 1. The van der Waals surface area contributed by atoms with E-state index in [-0.39, 0.29) is 12.3 Å². The monoisotopic (exact) mass is 388 g/mol.